The van der Waals surface area contributed by atoms with Crippen molar-refractivity contribution in [3.8, 4) is 0 Å². The number of halogens is 1. The van der Waals surface area contributed by atoms with Crippen molar-refractivity contribution in [1.29, 1.82) is 0 Å². The second kappa shape index (κ2) is 7.70. The molecule has 2 rings (SSSR count). The van der Waals surface area contributed by atoms with Crippen molar-refractivity contribution in [1.82, 2.24) is 15.6 Å². The van der Waals surface area contributed by atoms with Crippen molar-refractivity contribution in [3.05, 3.63) is 40.5 Å². The van der Waals surface area contributed by atoms with Gasteiger partial charge in [-0.3, -0.25) is 15.1 Å². The number of hydrogen-bond acceptors (Lipinski definition) is 5. The molecule has 0 spiro atoms. The van der Waals surface area contributed by atoms with E-state index >= 15 is 0 Å². The van der Waals surface area contributed by atoms with Crippen LogP contribution in [0.15, 0.2) is 24.3 Å². The van der Waals surface area contributed by atoms with E-state index in [0.717, 1.165) is 0 Å². The molecule has 3 amide bonds. The Morgan fingerprint density at radius 2 is 1.88 bits per heavy atom. The van der Waals surface area contributed by atoms with Crippen LogP contribution >= 0.6 is 11.6 Å². The number of benzene rings is 1. The summed E-state index contributed by atoms with van der Waals surface area (Å²) in [6.45, 7) is 6.42. The van der Waals surface area contributed by atoms with Gasteiger partial charge in [0.2, 0.25) is 0 Å². The summed E-state index contributed by atoms with van der Waals surface area (Å²) in [6.07, 6.45) is 0. The van der Waals surface area contributed by atoms with Gasteiger partial charge >= 0.3 is 12.0 Å². The highest BCUT2D eigenvalue weighted by molar-refractivity contribution is 6.31. The van der Waals surface area contributed by atoms with Crippen molar-refractivity contribution in [2.45, 2.75) is 33.2 Å². The Bertz CT molecular complexity index is 875. The van der Waals surface area contributed by atoms with E-state index in [4.69, 9.17) is 16.3 Å². The van der Waals surface area contributed by atoms with E-state index in [9.17, 15) is 14.4 Å². The van der Waals surface area contributed by atoms with Crippen LogP contribution in [0.5, 0.6) is 0 Å². The maximum atomic E-state index is 12.2. The molecule has 0 saturated heterocycles. The molecule has 0 radical (unpaired) electrons. The Morgan fingerprint density at radius 3 is 2.54 bits per heavy atom. The van der Waals surface area contributed by atoms with E-state index in [1.807, 2.05) is 0 Å². The third-order valence-corrected chi connectivity index (χ3v) is 3.50. The number of amides is 3. The third kappa shape index (κ3) is 5.42. The number of carbonyl (C=O) groups excluding carboxylic acids is 3. The highest BCUT2D eigenvalue weighted by atomic mass is 35.5. The summed E-state index contributed by atoms with van der Waals surface area (Å²) in [6, 6.07) is 6.10. The van der Waals surface area contributed by atoms with Gasteiger partial charge in [0.25, 0.3) is 5.91 Å². The lowest BCUT2D eigenvalue weighted by Gasteiger charge is -2.20. The van der Waals surface area contributed by atoms with Crippen LogP contribution in [0, 0.1) is 6.92 Å². The second-order valence-electron chi connectivity index (χ2n) is 6.79. The fraction of sp³-hybridized carbons (Fsp3) is 0.333. The zero-order valence-electron chi connectivity index (χ0n) is 15.0. The molecule has 8 heteroatoms. The van der Waals surface area contributed by atoms with Crippen LogP contribution in [-0.2, 0) is 9.53 Å². The molecule has 0 fully saturated rings. The maximum absolute atomic E-state index is 12.2. The largest absolute Gasteiger partial charge is 0.452 e. The van der Waals surface area contributed by atoms with Gasteiger partial charge in [-0.15, -0.1) is 0 Å². The smallest absolute Gasteiger partial charge is 0.340 e. The van der Waals surface area contributed by atoms with Gasteiger partial charge < -0.3 is 10.1 Å². The minimum Gasteiger partial charge on any atom is -0.452 e. The van der Waals surface area contributed by atoms with E-state index in [1.54, 1.807) is 52.0 Å². The minimum atomic E-state index is -0.727. The Balaban J connectivity index is 2.01. The molecule has 1 aromatic heterocycles. The summed E-state index contributed by atoms with van der Waals surface area (Å²) in [4.78, 5) is 39.9. The third-order valence-electron chi connectivity index (χ3n) is 3.26. The quantitative estimate of drug-likeness (QED) is 0.801. The van der Waals surface area contributed by atoms with Crippen LogP contribution in [0.2, 0.25) is 5.02 Å². The Labute approximate surface area is 156 Å². The van der Waals surface area contributed by atoms with Crippen molar-refractivity contribution in [2.24, 2.45) is 0 Å². The maximum Gasteiger partial charge on any atom is 0.340 e. The van der Waals surface area contributed by atoms with Gasteiger partial charge in [0.05, 0.1) is 16.8 Å². The molecule has 1 heterocycles. The van der Waals surface area contributed by atoms with E-state index in [-0.39, 0.29) is 5.56 Å². The van der Waals surface area contributed by atoms with Gasteiger partial charge in [0, 0.05) is 15.9 Å². The molecule has 0 atom stereocenters. The van der Waals surface area contributed by atoms with Crippen molar-refractivity contribution < 1.29 is 19.1 Å². The molecule has 26 heavy (non-hydrogen) atoms. The number of nitrogens with zero attached hydrogens (tertiary/aromatic N) is 1. The van der Waals surface area contributed by atoms with E-state index in [0.29, 0.717) is 21.6 Å². The van der Waals surface area contributed by atoms with Crippen molar-refractivity contribution in [3.63, 3.8) is 0 Å². The zero-order valence-corrected chi connectivity index (χ0v) is 15.7. The molecular formula is C18H20ClN3O4. The second-order valence-corrected chi connectivity index (χ2v) is 7.22. The van der Waals surface area contributed by atoms with Gasteiger partial charge in [-0.25, -0.2) is 9.59 Å². The highest BCUT2D eigenvalue weighted by Gasteiger charge is 2.18. The number of fused-ring (bicyclic) bond motifs is 1. The molecule has 1 aromatic carbocycles. The first kappa shape index (κ1) is 19.7. The average Bonchev–Trinajstić information content (AvgIpc) is 2.50. The van der Waals surface area contributed by atoms with Crippen LogP contribution in [0.4, 0.5) is 4.79 Å². The monoisotopic (exact) mass is 377 g/mol. The fourth-order valence-electron chi connectivity index (χ4n) is 2.19. The normalized spacial score (nSPS) is 11.1. The number of carbonyl (C=O) groups is 3. The number of pyridine rings is 1. The van der Waals surface area contributed by atoms with Crippen molar-refractivity contribution in [2.75, 3.05) is 6.61 Å². The molecule has 2 N–H and O–H groups in total. The van der Waals surface area contributed by atoms with Gasteiger partial charge in [-0.2, -0.15) is 0 Å². The summed E-state index contributed by atoms with van der Waals surface area (Å²) in [7, 11) is 0. The first-order chi connectivity index (χ1) is 12.0. The Kier molecular flexibility index (Phi) is 5.82. The molecule has 2 aromatic rings. The number of esters is 1. The molecule has 138 valence electrons. The molecule has 0 saturated carbocycles. The number of rotatable bonds is 3. The molecule has 0 unspecified atom stereocenters. The average molecular weight is 378 g/mol. The highest BCUT2D eigenvalue weighted by Crippen LogP contribution is 2.21. The predicted octanol–water partition coefficient (Wildman–Crippen LogP) is 2.98. The zero-order chi connectivity index (χ0) is 19.5. The summed E-state index contributed by atoms with van der Waals surface area (Å²) >= 11 is 5.95. The van der Waals surface area contributed by atoms with Crippen LogP contribution in [-0.4, -0.2) is 35.0 Å². The number of imide groups is 1. The summed E-state index contributed by atoms with van der Waals surface area (Å²) in [5.41, 5.74) is 0.901. The first-order valence-corrected chi connectivity index (χ1v) is 8.29. The fourth-order valence-corrected chi connectivity index (χ4v) is 2.37. The van der Waals surface area contributed by atoms with Crippen LogP contribution < -0.4 is 10.6 Å². The lowest BCUT2D eigenvalue weighted by Crippen LogP contribution is -2.49. The first-order valence-electron chi connectivity index (χ1n) is 7.91. The van der Waals surface area contributed by atoms with E-state index in [2.05, 4.69) is 15.6 Å². The van der Waals surface area contributed by atoms with Crippen molar-refractivity contribution >= 4 is 40.4 Å². The number of nitrogens with one attached hydrogen (secondary N) is 2. The van der Waals surface area contributed by atoms with Gasteiger partial charge in [0.1, 0.15) is 0 Å². The molecule has 7 nitrogen and oxygen atoms in total. The number of hydrogen-bond donors (Lipinski definition) is 2. The van der Waals surface area contributed by atoms with E-state index < -0.39 is 30.1 Å². The Morgan fingerprint density at radius 1 is 1.19 bits per heavy atom. The number of aromatic nitrogens is 1. The number of ether oxygens (including phenoxy) is 1. The SMILES string of the molecule is Cc1nc2ccc(Cl)cc2cc1C(=O)OCC(=O)NC(=O)NC(C)(C)C. The predicted molar refractivity (Wildman–Crippen MR) is 98.2 cm³/mol. The minimum absolute atomic E-state index is 0.228. The Hall–Kier alpha value is -2.67. The van der Waals surface area contributed by atoms with Crippen LogP contribution in [0.1, 0.15) is 36.8 Å². The summed E-state index contributed by atoms with van der Waals surface area (Å²) < 4.78 is 4.98. The molecule has 0 bridgehead atoms. The van der Waals surface area contributed by atoms with Crippen LogP contribution in [0.25, 0.3) is 10.9 Å². The number of urea groups is 1. The molecule has 0 aliphatic carbocycles. The molecular weight excluding hydrogens is 358 g/mol. The standard InChI is InChI=1S/C18H20ClN3O4/c1-10-13(8-11-7-12(19)5-6-14(11)20-10)16(24)26-9-15(23)21-17(25)22-18(2,3)4/h5-8H,9H2,1-4H3,(H2,21,22,23,25). The molecule has 0 aliphatic rings. The lowest BCUT2D eigenvalue weighted by atomic mass is 10.1. The summed E-state index contributed by atoms with van der Waals surface area (Å²) in [5, 5.41) is 5.87. The van der Waals surface area contributed by atoms with Crippen LogP contribution in [0.3, 0.4) is 0 Å². The van der Waals surface area contributed by atoms with Gasteiger partial charge in [0.15, 0.2) is 6.61 Å². The summed E-state index contributed by atoms with van der Waals surface area (Å²) in [5.74, 6) is -1.43. The topological polar surface area (TPSA) is 97.4 Å². The number of aryl methyl sites for hydroxylation is 1. The van der Waals surface area contributed by atoms with Gasteiger partial charge in [-0.05, 0) is 52.0 Å². The lowest BCUT2D eigenvalue weighted by molar-refractivity contribution is -0.123. The molecule has 0 aliphatic heterocycles. The van der Waals surface area contributed by atoms with E-state index in [1.165, 1.54) is 0 Å². The van der Waals surface area contributed by atoms with Gasteiger partial charge in [-0.1, -0.05) is 11.6 Å².